The average Bonchev–Trinajstić information content (AvgIpc) is 2.35. The van der Waals surface area contributed by atoms with Crippen LogP contribution in [0.1, 0.15) is 18.9 Å². The van der Waals surface area contributed by atoms with Crippen LogP contribution in [0.2, 0.25) is 0 Å². The molecule has 0 amide bonds. The van der Waals surface area contributed by atoms with Crippen LogP contribution < -0.4 is 4.74 Å². The van der Waals surface area contributed by atoms with E-state index in [1.807, 2.05) is 6.07 Å². The first-order chi connectivity index (χ1) is 8.29. The first kappa shape index (κ1) is 11.4. The van der Waals surface area contributed by atoms with Crippen molar-refractivity contribution >= 4 is 0 Å². The number of aryl methyl sites for hydroxylation is 1. The van der Waals surface area contributed by atoms with Gasteiger partial charge in [0.1, 0.15) is 11.5 Å². The molecule has 1 aromatic heterocycles. The molecule has 0 saturated carbocycles. The molecule has 0 bridgehead atoms. The summed E-state index contributed by atoms with van der Waals surface area (Å²) in [4.78, 5) is 7.95. The molecule has 0 fully saturated rings. The molecule has 1 heterocycles. The third kappa shape index (κ3) is 2.93. The molecule has 0 aliphatic rings. The van der Waals surface area contributed by atoms with Crippen LogP contribution in [-0.4, -0.2) is 15.1 Å². The molecule has 88 valence electrons. The van der Waals surface area contributed by atoms with Crippen molar-refractivity contribution in [3.05, 3.63) is 42.4 Å². The van der Waals surface area contributed by atoms with Crippen LogP contribution in [0.15, 0.2) is 36.8 Å². The van der Waals surface area contributed by atoms with E-state index in [-0.39, 0.29) is 0 Å². The number of ether oxygens (including phenoxy) is 1. The van der Waals surface area contributed by atoms with Gasteiger partial charge in [-0.2, -0.15) is 0 Å². The zero-order valence-corrected chi connectivity index (χ0v) is 9.63. The number of phenols is 1. The van der Waals surface area contributed by atoms with Crippen molar-refractivity contribution < 1.29 is 9.84 Å². The molecule has 0 unspecified atom stereocenters. The first-order valence-corrected chi connectivity index (χ1v) is 5.55. The van der Waals surface area contributed by atoms with Gasteiger partial charge >= 0.3 is 0 Å². The fourth-order valence-electron chi connectivity index (χ4n) is 1.55. The van der Waals surface area contributed by atoms with Crippen LogP contribution in [0.3, 0.4) is 0 Å². The molecule has 0 saturated heterocycles. The predicted octanol–water partition coefficient (Wildman–Crippen LogP) is 2.93. The van der Waals surface area contributed by atoms with Crippen molar-refractivity contribution in [2.75, 3.05) is 0 Å². The van der Waals surface area contributed by atoms with Crippen LogP contribution in [0, 0.1) is 0 Å². The van der Waals surface area contributed by atoms with E-state index in [2.05, 4.69) is 16.9 Å². The molecule has 2 aromatic rings. The Morgan fingerprint density at radius 1 is 1.29 bits per heavy atom. The Morgan fingerprint density at radius 3 is 2.88 bits per heavy atom. The summed E-state index contributed by atoms with van der Waals surface area (Å²) in [6, 6.07) is 5.17. The van der Waals surface area contributed by atoms with Crippen LogP contribution in [0.5, 0.6) is 17.4 Å². The Kier molecular flexibility index (Phi) is 3.55. The second-order valence-corrected chi connectivity index (χ2v) is 3.69. The van der Waals surface area contributed by atoms with Crippen LogP contribution in [-0.2, 0) is 6.42 Å². The van der Waals surface area contributed by atoms with Gasteiger partial charge < -0.3 is 9.84 Å². The molecular weight excluding hydrogens is 216 g/mol. The molecule has 0 spiro atoms. The van der Waals surface area contributed by atoms with Crippen molar-refractivity contribution in [1.82, 2.24) is 9.97 Å². The average molecular weight is 230 g/mol. The van der Waals surface area contributed by atoms with Crippen molar-refractivity contribution in [2.24, 2.45) is 0 Å². The van der Waals surface area contributed by atoms with Crippen molar-refractivity contribution in [1.29, 1.82) is 0 Å². The van der Waals surface area contributed by atoms with E-state index in [1.54, 1.807) is 30.7 Å². The normalized spacial score (nSPS) is 10.2. The second-order valence-electron chi connectivity index (χ2n) is 3.69. The number of hydrogen-bond acceptors (Lipinski definition) is 4. The van der Waals surface area contributed by atoms with Crippen molar-refractivity contribution in [3.63, 3.8) is 0 Å². The summed E-state index contributed by atoms with van der Waals surface area (Å²) in [5, 5.41) is 9.65. The molecule has 1 aromatic carbocycles. The van der Waals surface area contributed by atoms with E-state index < -0.39 is 0 Å². The summed E-state index contributed by atoms with van der Waals surface area (Å²) in [7, 11) is 0. The SMILES string of the molecule is CCCc1cc(Oc2cnccn2)ccc1O. The van der Waals surface area contributed by atoms with Crippen LogP contribution >= 0.6 is 0 Å². The van der Waals surface area contributed by atoms with Gasteiger partial charge in [0.05, 0.1) is 6.20 Å². The molecule has 17 heavy (non-hydrogen) atoms. The van der Waals surface area contributed by atoms with Crippen LogP contribution in [0.4, 0.5) is 0 Å². The lowest BCUT2D eigenvalue weighted by Gasteiger charge is -2.07. The Bertz CT molecular complexity index is 486. The molecule has 0 radical (unpaired) electrons. The van der Waals surface area contributed by atoms with Crippen molar-refractivity contribution in [2.45, 2.75) is 19.8 Å². The van der Waals surface area contributed by atoms with Gasteiger partial charge in [-0.1, -0.05) is 13.3 Å². The van der Waals surface area contributed by atoms with Gasteiger partial charge in [-0.05, 0) is 30.2 Å². The number of nitrogens with zero attached hydrogens (tertiary/aromatic N) is 2. The number of aromatic nitrogens is 2. The summed E-state index contributed by atoms with van der Waals surface area (Å²) < 4.78 is 5.54. The molecule has 4 heteroatoms. The smallest absolute Gasteiger partial charge is 0.237 e. The highest BCUT2D eigenvalue weighted by molar-refractivity contribution is 5.40. The molecule has 4 nitrogen and oxygen atoms in total. The minimum atomic E-state index is 0.304. The summed E-state index contributed by atoms with van der Waals surface area (Å²) in [6.45, 7) is 2.07. The van der Waals surface area contributed by atoms with E-state index in [4.69, 9.17) is 4.74 Å². The minimum Gasteiger partial charge on any atom is -0.508 e. The zero-order valence-electron chi connectivity index (χ0n) is 9.63. The number of hydrogen-bond donors (Lipinski definition) is 1. The lowest BCUT2D eigenvalue weighted by Crippen LogP contribution is -1.90. The van der Waals surface area contributed by atoms with Gasteiger partial charge in [0.25, 0.3) is 0 Å². The third-order valence-corrected chi connectivity index (χ3v) is 2.33. The largest absolute Gasteiger partial charge is 0.508 e. The third-order valence-electron chi connectivity index (χ3n) is 2.33. The molecular formula is C13H14N2O2. The van der Waals surface area contributed by atoms with E-state index in [0.29, 0.717) is 17.4 Å². The number of phenolic OH excluding ortho intramolecular Hbond substituents is 1. The van der Waals surface area contributed by atoms with E-state index in [0.717, 1.165) is 18.4 Å². The zero-order chi connectivity index (χ0) is 12.1. The van der Waals surface area contributed by atoms with Gasteiger partial charge in [0.15, 0.2) is 0 Å². The van der Waals surface area contributed by atoms with E-state index in [1.165, 1.54) is 0 Å². The summed E-state index contributed by atoms with van der Waals surface area (Å²) in [6.07, 6.45) is 6.51. The number of aromatic hydroxyl groups is 1. The maximum absolute atomic E-state index is 9.65. The Hall–Kier alpha value is -2.10. The highest BCUT2D eigenvalue weighted by atomic mass is 16.5. The highest BCUT2D eigenvalue weighted by Gasteiger charge is 2.04. The Balaban J connectivity index is 2.19. The summed E-state index contributed by atoms with van der Waals surface area (Å²) in [5.41, 5.74) is 0.883. The van der Waals surface area contributed by atoms with Crippen LogP contribution in [0.25, 0.3) is 0 Å². The fourth-order valence-corrected chi connectivity index (χ4v) is 1.55. The van der Waals surface area contributed by atoms with Gasteiger partial charge in [-0.25, -0.2) is 4.98 Å². The Labute approximate surface area is 99.9 Å². The topological polar surface area (TPSA) is 55.2 Å². The van der Waals surface area contributed by atoms with Gasteiger partial charge in [0, 0.05) is 12.4 Å². The summed E-state index contributed by atoms with van der Waals surface area (Å²) >= 11 is 0. The summed E-state index contributed by atoms with van der Waals surface area (Å²) in [5.74, 6) is 1.41. The minimum absolute atomic E-state index is 0.304. The molecule has 0 atom stereocenters. The van der Waals surface area contributed by atoms with E-state index >= 15 is 0 Å². The first-order valence-electron chi connectivity index (χ1n) is 5.55. The molecule has 2 rings (SSSR count). The Morgan fingerprint density at radius 2 is 2.18 bits per heavy atom. The lowest BCUT2D eigenvalue weighted by molar-refractivity contribution is 0.447. The maximum atomic E-state index is 9.65. The molecule has 0 aliphatic heterocycles. The molecule has 1 N–H and O–H groups in total. The number of benzene rings is 1. The van der Waals surface area contributed by atoms with Gasteiger partial charge in [-0.3, -0.25) is 4.98 Å². The second kappa shape index (κ2) is 5.30. The maximum Gasteiger partial charge on any atom is 0.237 e. The van der Waals surface area contributed by atoms with E-state index in [9.17, 15) is 5.11 Å². The predicted molar refractivity (Wildman–Crippen MR) is 64.2 cm³/mol. The van der Waals surface area contributed by atoms with Gasteiger partial charge in [0.2, 0.25) is 5.88 Å². The fraction of sp³-hybridized carbons (Fsp3) is 0.231. The lowest BCUT2D eigenvalue weighted by atomic mass is 10.1. The monoisotopic (exact) mass is 230 g/mol. The number of rotatable bonds is 4. The standard InChI is InChI=1S/C13H14N2O2/c1-2-3-10-8-11(4-5-12(10)16)17-13-9-14-6-7-15-13/h4-9,16H,2-3H2,1H3. The van der Waals surface area contributed by atoms with Gasteiger partial charge in [-0.15, -0.1) is 0 Å². The highest BCUT2D eigenvalue weighted by Crippen LogP contribution is 2.26. The van der Waals surface area contributed by atoms with Crippen molar-refractivity contribution in [3.8, 4) is 17.4 Å². The molecule has 0 aliphatic carbocycles. The quantitative estimate of drug-likeness (QED) is 0.877.